The molecule has 22 heavy (non-hydrogen) atoms. The number of aromatic nitrogens is 4. The highest BCUT2D eigenvalue weighted by atomic mass is 32.2. The first-order valence-corrected chi connectivity index (χ1v) is 8.46. The molecule has 7 nitrogen and oxygen atoms in total. The van der Waals surface area contributed by atoms with Gasteiger partial charge in [0.25, 0.3) is 0 Å². The van der Waals surface area contributed by atoms with E-state index in [4.69, 9.17) is 4.42 Å². The molecule has 1 N–H and O–H groups in total. The van der Waals surface area contributed by atoms with Gasteiger partial charge in [-0.25, -0.2) is 4.68 Å². The van der Waals surface area contributed by atoms with Crippen LogP contribution >= 0.6 is 11.8 Å². The van der Waals surface area contributed by atoms with Crippen LogP contribution in [0.2, 0.25) is 0 Å². The predicted octanol–water partition coefficient (Wildman–Crippen LogP) is 2.35. The summed E-state index contributed by atoms with van der Waals surface area (Å²) in [5, 5.41) is 15.5. The number of amides is 1. The summed E-state index contributed by atoms with van der Waals surface area (Å²) >= 11 is 1.37. The number of carbonyl (C=O) groups excluding carboxylic acids is 1. The molecule has 2 aromatic rings. The summed E-state index contributed by atoms with van der Waals surface area (Å²) in [7, 11) is 0. The molecule has 3 rings (SSSR count). The first-order valence-electron chi connectivity index (χ1n) is 7.47. The number of furan rings is 1. The lowest BCUT2D eigenvalue weighted by molar-refractivity contribution is -0.119. The maximum absolute atomic E-state index is 12.0. The van der Waals surface area contributed by atoms with E-state index in [2.05, 4.69) is 20.8 Å². The second-order valence-electron chi connectivity index (χ2n) is 5.44. The monoisotopic (exact) mass is 321 g/mol. The average molecular weight is 321 g/mol. The Balaban J connectivity index is 1.52. The van der Waals surface area contributed by atoms with Gasteiger partial charge in [-0.1, -0.05) is 24.6 Å². The molecular formula is C14H19N5O2S. The van der Waals surface area contributed by atoms with Gasteiger partial charge in [-0.2, -0.15) is 0 Å². The van der Waals surface area contributed by atoms with E-state index in [1.54, 1.807) is 6.26 Å². The van der Waals surface area contributed by atoms with Gasteiger partial charge < -0.3 is 9.73 Å². The fourth-order valence-corrected chi connectivity index (χ4v) is 3.44. The average Bonchev–Trinajstić information content (AvgIpc) is 3.24. The number of hydrogen-bond donors (Lipinski definition) is 1. The third-order valence-corrected chi connectivity index (χ3v) is 4.75. The summed E-state index contributed by atoms with van der Waals surface area (Å²) < 4.78 is 7.14. The molecule has 2 aromatic heterocycles. The Morgan fingerprint density at radius 2 is 2.36 bits per heavy atom. The molecule has 118 valence electrons. The lowest BCUT2D eigenvalue weighted by Crippen LogP contribution is -2.28. The molecule has 0 aromatic carbocycles. The van der Waals surface area contributed by atoms with E-state index in [1.165, 1.54) is 24.6 Å². The van der Waals surface area contributed by atoms with Crippen LogP contribution < -0.4 is 5.32 Å². The fourth-order valence-electron chi connectivity index (χ4n) is 2.68. The van der Waals surface area contributed by atoms with Crippen molar-refractivity contribution in [3.05, 3.63) is 24.2 Å². The third-order valence-electron chi connectivity index (χ3n) is 3.81. The van der Waals surface area contributed by atoms with Crippen LogP contribution in [0.5, 0.6) is 0 Å². The van der Waals surface area contributed by atoms with E-state index < -0.39 is 0 Å². The maximum atomic E-state index is 12.0. The van der Waals surface area contributed by atoms with Gasteiger partial charge in [0.1, 0.15) is 5.76 Å². The second kappa shape index (κ2) is 6.95. The smallest absolute Gasteiger partial charge is 0.231 e. The van der Waals surface area contributed by atoms with Crippen LogP contribution in [0.1, 0.15) is 50.5 Å². The van der Waals surface area contributed by atoms with Crippen molar-refractivity contribution >= 4 is 17.7 Å². The number of nitrogens with zero attached hydrogens (tertiary/aromatic N) is 4. The molecule has 0 unspecified atom stereocenters. The van der Waals surface area contributed by atoms with Gasteiger partial charge in [-0.15, -0.1) is 5.10 Å². The van der Waals surface area contributed by atoms with E-state index in [-0.39, 0.29) is 17.7 Å². The molecule has 1 amide bonds. The lowest BCUT2D eigenvalue weighted by atomic mass is 10.2. The van der Waals surface area contributed by atoms with E-state index in [1.807, 2.05) is 23.7 Å². The highest BCUT2D eigenvalue weighted by molar-refractivity contribution is 7.99. The normalized spacial score (nSPS) is 16.8. The lowest BCUT2D eigenvalue weighted by Gasteiger charge is -2.12. The molecular weight excluding hydrogens is 302 g/mol. The zero-order valence-corrected chi connectivity index (χ0v) is 13.3. The van der Waals surface area contributed by atoms with Gasteiger partial charge in [0, 0.05) is 0 Å². The highest BCUT2D eigenvalue weighted by Crippen LogP contribution is 2.31. The minimum atomic E-state index is -0.145. The predicted molar refractivity (Wildman–Crippen MR) is 81.3 cm³/mol. The molecule has 1 saturated carbocycles. The molecule has 0 bridgehead atoms. The fraction of sp³-hybridized carbons (Fsp3) is 0.571. The Labute approximate surface area is 132 Å². The second-order valence-corrected chi connectivity index (χ2v) is 6.38. The summed E-state index contributed by atoms with van der Waals surface area (Å²) in [6, 6.07) is 3.89. The van der Waals surface area contributed by atoms with Gasteiger partial charge in [-0.3, -0.25) is 4.79 Å². The van der Waals surface area contributed by atoms with Gasteiger partial charge >= 0.3 is 0 Å². The Bertz CT molecular complexity index is 607. The van der Waals surface area contributed by atoms with Crippen LogP contribution in [-0.2, 0) is 4.79 Å². The Kier molecular flexibility index (Phi) is 4.77. The number of hydrogen-bond acceptors (Lipinski definition) is 6. The molecule has 0 spiro atoms. The van der Waals surface area contributed by atoms with Gasteiger partial charge in [-0.05, 0) is 42.3 Å². The molecule has 0 saturated heterocycles. The number of thioether (sulfide) groups is 1. The summed E-state index contributed by atoms with van der Waals surface area (Å²) in [4.78, 5) is 12.0. The number of rotatable bonds is 6. The van der Waals surface area contributed by atoms with Crippen molar-refractivity contribution in [2.75, 3.05) is 5.75 Å². The SMILES string of the molecule is C[C@@H](NC(=O)CSc1nnnn1C1CCCC1)c1ccco1. The summed E-state index contributed by atoms with van der Waals surface area (Å²) in [5.74, 6) is 0.974. The zero-order valence-electron chi connectivity index (χ0n) is 12.4. The van der Waals surface area contributed by atoms with Crippen molar-refractivity contribution in [1.82, 2.24) is 25.5 Å². The molecule has 0 radical (unpaired) electrons. The number of nitrogens with one attached hydrogen (secondary N) is 1. The molecule has 8 heteroatoms. The standard InChI is InChI=1S/C14H19N5O2S/c1-10(12-7-4-8-21-12)15-13(20)9-22-14-16-17-18-19(14)11-5-2-3-6-11/h4,7-8,10-11H,2-3,5-6,9H2,1H3,(H,15,20)/t10-/m1/s1. The zero-order chi connectivity index (χ0) is 15.4. The van der Waals surface area contributed by atoms with E-state index in [0.717, 1.165) is 18.6 Å². The van der Waals surface area contributed by atoms with Crippen molar-refractivity contribution < 1.29 is 9.21 Å². The quantitative estimate of drug-likeness (QED) is 0.822. The summed E-state index contributed by atoms with van der Waals surface area (Å²) in [6.07, 6.45) is 6.26. The van der Waals surface area contributed by atoms with Crippen LogP contribution in [0, 0.1) is 0 Å². The van der Waals surface area contributed by atoms with E-state index in [9.17, 15) is 4.79 Å². The van der Waals surface area contributed by atoms with Crippen LogP contribution in [0.25, 0.3) is 0 Å². The molecule has 1 fully saturated rings. The Morgan fingerprint density at radius 1 is 1.55 bits per heavy atom. The van der Waals surface area contributed by atoms with Crippen molar-refractivity contribution in [3.63, 3.8) is 0 Å². The number of tetrazole rings is 1. The van der Waals surface area contributed by atoms with Crippen LogP contribution in [0.15, 0.2) is 28.0 Å². The molecule has 0 aliphatic heterocycles. The van der Waals surface area contributed by atoms with Gasteiger partial charge in [0.15, 0.2) is 0 Å². The Hall–Kier alpha value is -1.83. The first kappa shape index (κ1) is 15.1. The highest BCUT2D eigenvalue weighted by Gasteiger charge is 2.22. The maximum Gasteiger partial charge on any atom is 0.231 e. The van der Waals surface area contributed by atoms with Crippen molar-refractivity contribution in [2.45, 2.75) is 49.8 Å². The summed E-state index contributed by atoms with van der Waals surface area (Å²) in [5.41, 5.74) is 0. The van der Waals surface area contributed by atoms with Crippen LogP contribution in [-0.4, -0.2) is 31.9 Å². The molecule has 1 aliphatic carbocycles. The molecule has 2 heterocycles. The van der Waals surface area contributed by atoms with Crippen molar-refractivity contribution in [1.29, 1.82) is 0 Å². The third kappa shape index (κ3) is 3.49. The largest absolute Gasteiger partial charge is 0.467 e. The minimum Gasteiger partial charge on any atom is -0.467 e. The molecule has 1 atom stereocenters. The van der Waals surface area contributed by atoms with E-state index in [0.29, 0.717) is 11.2 Å². The van der Waals surface area contributed by atoms with Crippen LogP contribution in [0.4, 0.5) is 0 Å². The Morgan fingerprint density at radius 3 is 3.09 bits per heavy atom. The van der Waals surface area contributed by atoms with Crippen LogP contribution in [0.3, 0.4) is 0 Å². The first-order chi connectivity index (χ1) is 10.7. The summed E-state index contributed by atoms with van der Waals surface area (Å²) in [6.45, 7) is 1.89. The topological polar surface area (TPSA) is 85.8 Å². The van der Waals surface area contributed by atoms with Gasteiger partial charge in [0.05, 0.1) is 24.1 Å². The molecule has 1 aliphatic rings. The van der Waals surface area contributed by atoms with Crippen molar-refractivity contribution in [2.24, 2.45) is 0 Å². The number of carbonyl (C=O) groups is 1. The van der Waals surface area contributed by atoms with Crippen molar-refractivity contribution in [3.8, 4) is 0 Å². The van der Waals surface area contributed by atoms with Gasteiger partial charge in [0.2, 0.25) is 11.1 Å². The minimum absolute atomic E-state index is 0.0603. The van der Waals surface area contributed by atoms with E-state index >= 15 is 0 Å².